The third kappa shape index (κ3) is 2.56. The quantitative estimate of drug-likeness (QED) is 0.859. The van der Waals surface area contributed by atoms with Crippen molar-refractivity contribution in [3.8, 4) is 0 Å². The van der Waals surface area contributed by atoms with Gasteiger partial charge < -0.3 is 9.64 Å². The van der Waals surface area contributed by atoms with E-state index >= 15 is 0 Å². The Bertz CT molecular complexity index is 566. The van der Waals surface area contributed by atoms with Crippen LogP contribution in [0, 0.1) is 0 Å². The van der Waals surface area contributed by atoms with Crippen LogP contribution in [0.15, 0.2) is 54.9 Å². The molecule has 1 aromatic heterocycles. The van der Waals surface area contributed by atoms with Gasteiger partial charge in [0.1, 0.15) is 0 Å². The van der Waals surface area contributed by atoms with Crippen LogP contribution in [0.2, 0.25) is 0 Å². The zero-order valence-corrected chi connectivity index (χ0v) is 11.1. The van der Waals surface area contributed by atoms with E-state index in [9.17, 15) is 4.79 Å². The van der Waals surface area contributed by atoms with Gasteiger partial charge in [-0.25, -0.2) is 0 Å². The third-order valence-corrected chi connectivity index (χ3v) is 3.45. The van der Waals surface area contributed by atoms with E-state index < -0.39 is 0 Å². The van der Waals surface area contributed by atoms with Crippen molar-refractivity contribution >= 4 is 11.6 Å². The lowest BCUT2D eigenvalue weighted by atomic mass is 10.1. The van der Waals surface area contributed by atoms with Crippen LogP contribution in [-0.2, 0) is 4.74 Å². The Labute approximate surface area is 118 Å². The summed E-state index contributed by atoms with van der Waals surface area (Å²) in [5.74, 6) is -0.00546. The summed E-state index contributed by atoms with van der Waals surface area (Å²) in [7, 11) is 0. The van der Waals surface area contributed by atoms with Gasteiger partial charge >= 0.3 is 0 Å². The van der Waals surface area contributed by atoms with Crippen molar-refractivity contribution in [1.29, 1.82) is 0 Å². The largest absolute Gasteiger partial charge is 0.379 e. The van der Waals surface area contributed by atoms with Crippen LogP contribution >= 0.6 is 0 Å². The van der Waals surface area contributed by atoms with Gasteiger partial charge in [0, 0.05) is 30.3 Å². The van der Waals surface area contributed by atoms with E-state index in [1.807, 2.05) is 35.2 Å². The van der Waals surface area contributed by atoms with Crippen LogP contribution in [0.4, 0.5) is 5.69 Å². The van der Waals surface area contributed by atoms with Crippen LogP contribution in [0.1, 0.15) is 16.8 Å². The number of hydrogen-bond acceptors (Lipinski definition) is 3. The van der Waals surface area contributed by atoms with Crippen LogP contribution < -0.4 is 4.90 Å². The van der Waals surface area contributed by atoms with E-state index in [0.717, 1.165) is 12.1 Å². The van der Waals surface area contributed by atoms with Gasteiger partial charge in [-0.15, -0.1) is 0 Å². The fourth-order valence-electron chi connectivity index (χ4n) is 2.44. The number of carbonyl (C=O) groups excluding carboxylic acids is 1. The van der Waals surface area contributed by atoms with Gasteiger partial charge in [0.2, 0.25) is 0 Å². The number of anilines is 1. The first-order chi connectivity index (χ1) is 9.86. The van der Waals surface area contributed by atoms with Gasteiger partial charge in [0.25, 0.3) is 5.91 Å². The first kappa shape index (κ1) is 12.8. The fourth-order valence-corrected chi connectivity index (χ4v) is 2.44. The number of ether oxygens (including phenoxy) is 1. The summed E-state index contributed by atoms with van der Waals surface area (Å²) in [5.41, 5.74) is 1.56. The molecule has 4 heteroatoms. The molecule has 0 N–H and O–H groups in total. The third-order valence-electron chi connectivity index (χ3n) is 3.45. The maximum absolute atomic E-state index is 12.8. The molecular formula is C16H16N2O2. The monoisotopic (exact) mass is 268 g/mol. The second-order valence-corrected chi connectivity index (χ2v) is 4.76. The molecule has 0 saturated carbocycles. The number of nitrogens with zero attached hydrogens (tertiary/aromatic N) is 2. The van der Waals surface area contributed by atoms with Gasteiger partial charge in [-0.2, -0.15) is 0 Å². The van der Waals surface area contributed by atoms with Crippen molar-refractivity contribution in [2.75, 3.05) is 18.1 Å². The first-order valence-corrected chi connectivity index (χ1v) is 6.72. The molecule has 3 rings (SSSR count). The maximum Gasteiger partial charge on any atom is 0.258 e. The van der Waals surface area contributed by atoms with Gasteiger partial charge in [-0.3, -0.25) is 9.78 Å². The molecule has 2 heterocycles. The van der Waals surface area contributed by atoms with Gasteiger partial charge in [-0.05, 0) is 30.7 Å². The summed E-state index contributed by atoms with van der Waals surface area (Å²) in [6.07, 6.45) is 4.15. The standard InChI is InChI=1S/C16H16N2O2/c19-16(13-6-9-17-10-7-13)18(15-8-11-20-12-15)14-4-2-1-3-5-14/h1-7,9-10,15H,8,11-12H2/t15-/m1/s1. The number of pyridine rings is 1. The number of amides is 1. The molecule has 1 aliphatic rings. The summed E-state index contributed by atoms with van der Waals surface area (Å²) >= 11 is 0. The fraction of sp³-hybridized carbons (Fsp3) is 0.250. The van der Waals surface area contributed by atoms with Gasteiger partial charge in [0.05, 0.1) is 12.6 Å². The number of rotatable bonds is 3. The van der Waals surface area contributed by atoms with E-state index in [1.165, 1.54) is 0 Å². The van der Waals surface area contributed by atoms with Crippen molar-refractivity contribution < 1.29 is 9.53 Å². The highest BCUT2D eigenvalue weighted by molar-refractivity contribution is 6.06. The van der Waals surface area contributed by atoms with E-state index in [0.29, 0.717) is 18.8 Å². The summed E-state index contributed by atoms with van der Waals surface area (Å²) in [5, 5.41) is 0. The Morgan fingerprint density at radius 2 is 1.90 bits per heavy atom. The van der Waals surface area contributed by atoms with Crippen LogP contribution in [0.25, 0.3) is 0 Å². The zero-order chi connectivity index (χ0) is 13.8. The van der Waals surface area contributed by atoms with E-state index in [4.69, 9.17) is 4.74 Å². The molecule has 1 amide bonds. The molecule has 0 bridgehead atoms. The molecule has 2 aromatic rings. The number of para-hydroxylation sites is 1. The summed E-state index contributed by atoms with van der Waals surface area (Å²) in [6.45, 7) is 1.29. The molecule has 1 saturated heterocycles. The second-order valence-electron chi connectivity index (χ2n) is 4.76. The Kier molecular flexibility index (Phi) is 3.74. The van der Waals surface area contributed by atoms with Crippen molar-refractivity contribution in [2.24, 2.45) is 0 Å². The highest BCUT2D eigenvalue weighted by atomic mass is 16.5. The predicted molar refractivity (Wildman–Crippen MR) is 76.7 cm³/mol. The summed E-state index contributed by atoms with van der Waals surface area (Å²) in [4.78, 5) is 18.6. The van der Waals surface area contributed by atoms with Gasteiger partial charge in [-0.1, -0.05) is 18.2 Å². The van der Waals surface area contributed by atoms with Gasteiger partial charge in [0.15, 0.2) is 0 Å². The van der Waals surface area contributed by atoms with Crippen molar-refractivity contribution in [2.45, 2.75) is 12.5 Å². The topological polar surface area (TPSA) is 42.4 Å². The Morgan fingerprint density at radius 3 is 2.55 bits per heavy atom. The molecule has 102 valence electrons. The van der Waals surface area contributed by atoms with E-state index in [1.54, 1.807) is 24.5 Å². The minimum atomic E-state index is -0.00546. The lowest BCUT2D eigenvalue weighted by Gasteiger charge is -2.28. The van der Waals surface area contributed by atoms with E-state index in [-0.39, 0.29) is 11.9 Å². The average molecular weight is 268 g/mol. The van der Waals surface area contributed by atoms with E-state index in [2.05, 4.69) is 4.98 Å². The molecule has 1 aromatic carbocycles. The number of aromatic nitrogens is 1. The molecule has 0 spiro atoms. The zero-order valence-electron chi connectivity index (χ0n) is 11.1. The normalized spacial score (nSPS) is 17.9. The molecule has 1 fully saturated rings. The Balaban J connectivity index is 1.95. The lowest BCUT2D eigenvalue weighted by Crippen LogP contribution is -2.41. The summed E-state index contributed by atoms with van der Waals surface area (Å²) < 4.78 is 5.44. The Morgan fingerprint density at radius 1 is 1.15 bits per heavy atom. The molecule has 4 nitrogen and oxygen atoms in total. The second kappa shape index (κ2) is 5.84. The molecular weight excluding hydrogens is 252 g/mol. The van der Waals surface area contributed by atoms with Crippen LogP contribution in [0.5, 0.6) is 0 Å². The number of carbonyl (C=O) groups is 1. The first-order valence-electron chi connectivity index (χ1n) is 6.72. The minimum Gasteiger partial charge on any atom is -0.379 e. The molecule has 0 aliphatic carbocycles. The number of benzene rings is 1. The average Bonchev–Trinajstić information content (AvgIpc) is 3.03. The highest BCUT2D eigenvalue weighted by Crippen LogP contribution is 2.23. The van der Waals surface area contributed by atoms with Crippen LogP contribution in [-0.4, -0.2) is 30.1 Å². The minimum absolute atomic E-state index is 0.00546. The molecule has 1 aliphatic heterocycles. The molecule has 20 heavy (non-hydrogen) atoms. The predicted octanol–water partition coefficient (Wildman–Crippen LogP) is 2.52. The highest BCUT2D eigenvalue weighted by Gasteiger charge is 2.29. The van der Waals surface area contributed by atoms with Crippen molar-refractivity contribution in [1.82, 2.24) is 4.98 Å². The van der Waals surface area contributed by atoms with Crippen LogP contribution in [0.3, 0.4) is 0 Å². The molecule has 0 unspecified atom stereocenters. The number of hydrogen-bond donors (Lipinski definition) is 0. The maximum atomic E-state index is 12.8. The molecule has 1 atom stereocenters. The Hall–Kier alpha value is -2.20. The van der Waals surface area contributed by atoms with Crippen molar-refractivity contribution in [3.63, 3.8) is 0 Å². The smallest absolute Gasteiger partial charge is 0.258 e. The summed E-state index contributed by atoms with van der Waals surface area (Å²) in [6, 6.07) is 13.3. The lowest BCUT2D eigenvalue weighted by molar-refractivity contribution is 0.0971. The molecule has 0 radical (unpaired) electrons. The SMILES string of the molecule is O=C(c1ccncc1)N(c1ccccc1)[C@@H]1CCOC1. The van der Waals surface area contributed by atoms with Crippen molar-refractivity contribution in [3.05, 3.63) is 60.4 Å².